The first-order chi connectivity index (χ1) is 10.5. The molecule has 6 nitrogen and oxygen atoms in total. The largest absolute Gasteiger partial charge is 0.481 e. The van der Waals surface area contributed by atoms with Gasteiger partial charge in [-0.2, -0.15) is 12.6 Å². The van der Waals surface area contributed by atoms with Gasteiger partial charge in [0.05, 0.1) is 5.75 Å². The van der Waals surface area contributed by atoms with Crippen molar-refractivity contribution in [1.29, 1.82) is 0 Å². The highest BCUT2D eigenvalue weighted by molar-refractivity contribution is 7.81. The Labute approximate surface area is 133 Å². The van der Waals surface area contributed by atoms with Gasteiger partial charge in [0.2, 0.25) is 0 Å². The third kappa shape index (κ3) is 5.00. The maximum absolute atomic E-state index is 11.9. The van der Waals surface area contributed by atoms with Gasteiger partial charge < -0.3 is 10.4 Å². The number of thiol groups is 1. The number of carbonyl (C=O) groups excluding carboxylic acids is 3. The molecule has 0 bridgehead atoms. The topological polar surface area (TPSA) is 101 Å². The highest BCUT2D eigenvalue weighted by Gasteiger charge is 2.24. The van der Waals surface area contributed by atoms with E-state index in [0.29, 0.717) is 12.7 Å². The van der Waals surface area contributed by atoms with Gasteiger partial charge in [-0.15, -0.1) is 0 Å². The molecule has 118 valence electrons. The summed E-state index contributed by atoms with van der Waals surface area (Å²) in [4.78, 5) is 45.1. The van der Waals surface area contributed by atoms with E-state index in [0.717, 1.165) is 0 Å². The van der Waals surface area contributed by atoms with Crippen molar-refractivity contribution in [1.82, 2.24) is 5.32 Å². The van der Waals surface area contributed by atoms with Gasteiger partial charge in [0.25, 0.3) is 5.91 Å². The van der Waals surface area contributed by atoms with Gasteiger partial charge in [-0.25, -0.2) is 0 Å². The molecule has 1 atom stereocenters. The quantitative estimate of drug-likeness (QED) is 0.274. The number of hydrogen-bond donors (Lipinski definition) is 3. The molecule has 0 aliphatic carbocycles. The Hall–Kier alpha value is -2.15. The van der Waals surface area contributed by atoms with Gasteiger partial charge in [-0.05, 0) is 18.9 Å². The lowest BCUT2D eigenvalue weighted by Gasteiger charge is -2.10. The second kappa shape index (κ2) is 8.99. The first-order valence-corrected chi connectivity index (χ1v) is 7.33. The van der Waals surface area contributed by atoms with Crippen LogP contribution < -0.4 is 5.32 Å². The molecule has 7 heteroatoms. The molecule has 0 fully saturated rings. The number of nitrogens with one attached hydrogen (secondary N) is 1. The Balaban J connectivity index is 2.50. The van der Waals surface area contributed by atoms with E-state index < -0.39 is 23.6 Å². The number of ketones is 1. The van der Waals surface area contributed by atoms with E-state index in [-0.39, 0.29) is 29.8 Å². The number of carboxylic acid groups (broad SMARTS) is 1. The molecule has 0 spiro atoms. The summed E-state index contributed by atoms with van der Waals surface area (Å²) in [6.07, 6.45) is 1.07. The zero-order chi connectivity index (χ0) is 16.5. The van der Waals surface area contributed by atoms with Crippen molar-refractivity contribution in [2.24, 2.45) is 5.92 Å². The van der Waals surface area contributed by atoms with Gasteiger partial charge in [-0.1, -0.05) is 18.2 Å². The number of amides is 1. The predicted molar refractivity (Wildman–Crippen MR) is 83.4 cm³/mol. The smallest absolute Gasteiger partial charge is 0.314 e. The van der Waals surface area contributed by atoms with Crippen LogP contribution in [-0.2, 0) is 9.59 Å². The summed E-state index contributed by atoms with van der Waals surface area (Å²) < 4.78 is 0. The summed E-state index contributed by atoms with van der Waals surface area (Å²) in [5.74, 6) is -3.27. The normalized spacial score (nSPS) is 11.5. The summed E-state index contributed by atoms with van der Waals surface area (Å²) in [5, 5.41) is 11.6. The lowest BCUT2D eigenvalue weighted by Crippen LogP contribution is -2.29. The first kappa shape index (κ1) is 17.9. The van der Waals surface area contributed by atoms with Crippen LogP contribution in [0.15, 0.2) is 24.3 Å². The van der Waals surface area contributed by atoms with Crippen molar-refractivity contribution in [2.45, 2.75) is 12.8 Å². The number of rotatable bonds is 9. The number of aliphatic carboxylic acids is 1. The van der Waals surface area contributed by atoms with Gasteiger partial charge >= 0.3 is 5.97 Å². The van der Waals surface area contributed by atoms with E-state index in [9.17, 15) is 19.2 Å². The zero-order valence-corrected chi connectivity index (χ0v) is 12.7. The summed E-state index contributed by atoms with van der Waals surface area (Å²) >= 11 is 3.78. The Morgan fingerprint density at radius 2 is 1.95 bits per heavy atom. The standard InChI is InChI=1S/C15H17NO5S/c17-8-10-4-1-2-5-11(10)14(19)16-7-3-6-12(15(20)21)13(18)9-22/h1-2,4-5,8,12,22H,3,6-7,9H2,(H,16,19)(H,20,21)/t12-/m0/s1. The van der Waals surface area contributed by atoms with E-state index >= 15 is 0 Å². The molecule has 0 heterocycles. The third-order valence-corrected chi connectivity index (χ3v) is 3.44. The number of hydrogen-bond acceptors (Lipinski definition) is 5. The van der Waals surface area contributed by atoms with Crippen LogP contribution in [0, 0.1) is 5.92 Å². The highest BCUT2D eigenvalue weighted by Crippen LogP contribution is 2.10. The lowest BCUT2D eigenvalue weighted by atomic mass is 9.99. The van der Waals surface area contributed by atoms with Gasteiger partial charge in [0, 0.05) is 17.7 Å². The van der Waals surface area contributed by atoms with Crippen molar-refractivity contribution >= 4 is 36.6 Å². The molecule has 1 aromatic carbocycles. The molecule has 0 aromatic heterocycles. The minimum atomic E-state index is -1.18. The Kier molecular flexibility index (Phi) is 7.31. The van der Waals surface area contributed by atoms with E-state index in [1.807, 2.05) is 0 Å². The average Bonchev–Trinajstić information content (AvgIpc) is 2.53. The Bertz CT molecular complexity index is 573. The molecule has 0 radical (unpaired) electrons. The minimum Gasteiger partial charge on any atom is -0.481 e. The van der Waals surface area contributed by atoms with Crippen molar-refractivity contribution in [3.8, 4) is 0 Å². The van der Waals surface area contributed by atoms with E-state index in [2.05, 4.69) is 17.9 Å². The summed E-state index contributed by atoms with van der Waals surface area (Å²) in [6, 6.07) is 6.37. The second-order valence-electron chi connectivity index (χ2n) is 4.62. The van der Waals surface area contributed by atoms with Crippen molar-refractivity contribution < 1.29 is 24.3 Å². The molecule has 0 saturated carbocycles. The van der Waals surface area contributed by atoms with Gasteiger partial charge in [-0.3, -0.25) is 19.2 Å². The molecule has 0 aliphatic rings. The van der Waals surface area contributed by atoms with Gasteiger partial charge in [0.15, 0.2) is 12.1 Å². The van der Waals surface area contributed by atoms with Crippen LogP contribution >= 0.6 is 12.6 Å². The SMILES string of the molecule is O=Cc1ccccc1C(=O)NCCC[C@H](C(=O)O)C(=O)CS. The highest BCUT2D eigenvalue weighted by atomic mass is 32.1. The van der Waals surface area contributed by atoms with E-state index in [1.54, 1.807) is 12.1 Å². The van der Waals surface area contributed by atoms with Gasteiger partial charge in [0.1, 0.15) is 5.92 Å². The van der Waals surface area contributed by atoms with Crippen molar-refractivity contribution in [3.05, 3.63) is 35.4 Å². The van der Waals surface area contributed by atoms with E-state index in [4.69, 9.17) is 5.11 Å². The van der Waals surface area contributed by atoms with Crippen molar-refractivity contribution in [2.75, 3.05) is 12.3 Å². The van der Waals surface area contributed by atoms with Crippen LogP contribution in [0.2, 0.25) is 0 Å². The average molecular weight is 323 g/mol. The zero-order valence-electron chi connectivity index (χ0n) is 11.8. The van der Waals surface area contributed by atoms with Crippen LogP contribution in [0.3, 0.4) is 0 Å². The summed E-state index contributed by atoms with van der Waals surface area (Å²) in [5.41, 5.74) is 0.549. The molecule has 1 rings (SSSR count). The number of carbonyl (C=O) groups is 4. The molecule has 1 amide bonds. The lowest BCUT2D eigenvalue weighted by molar-refractivity contribution is -0.145. The van der Waals surface area contributed by atoms with Crippen LogP contribution in [0.4, 0.5) is 0 Å². The molecular weight excluding hydrogens is 306 g/mol. The number of carboxylic acids is 1. The second-order valence-corrected chi connectivity index (χ2v) is 4.93. The first-order valence-electron chi connectivity index (χ1n) is 6.70. The number of benzene rings is 1. The monoisotopic (exact) mass is 323 g/mol. The molecule has 0 unspecified atom stereocenters. The molecule has 0 saturated heterocycles. The Morgan fingerprint density at radius 1 is 1.27 bits per heavy atom. The van der Waals surface area contributed by atoms with E-state index in [1.165, 1.54) is 12.1 Å². The van der Waals surface area contributed by atoms with Crippen LogP contribution in [0.1, 0.15) is 33.6 Å². The fourth-order valence-electron chi connectivity index (χ4n) is 1.94. The minimum absolute atomic E-state index is 0.129. The predicted octanol–water partition coefficient (Wildman–Crippen LogP) is 1.21. The maximum Gasteiger partial charge on any atom is 0.314 e. The molecule has 22 heavy (non-hydrogen) atoms. The molecule has 2 N–H and O–H groups in total. The molecular formula is C15H17NO5S. The Morgan fingerprint density at radius 3 is 2.55 bits per heavy atom. The fraction of sp³-hybridized carbons (Fsp3) is 0.333. The fourth-order valence-corrected chi connectivity index (χ4v) is 2.16. The molecule has 1 aromatic rings. The maximum atomic E-state index is 11.9. The molecule has 0 aliphatic heterocycles. The van der Waals surface area contributed by atoms with Crippen LogP contribution in [0.5, 0.6) is 0 Å². The summed E-state index contributed by atoms with van der Waals surface area (Å²) in [6.45, 7) is 0.218. The number of Topliss-reactive ketones (excluding diaryl/α,β-unsaturated/α-hetero) is 1. The van der Waals surface area contributed by atoms with Crippen molar-refractivity contribution in [3.63, 3.8) is 0 Å². The van der Waals surface area contributed by atoms with Crippen LogP contribution in [0.25, 0.3) is 0 Å². The van der Waals surface area contributed by atoms with Crippen LogP contribution in [-0.4, -0.2) is 41.4 Å². The third-order valence-electron chi connectivity index (χ3n) is 3.13. The summed E-state index contributed by atoms with van der Waals surface area (Å²) in [7, 11) is 0. The number of aldehydes is 1.